The summed E-state index contributed by atoms with van der Waals surface area (Å²) in [6, 6.07) is 10.8. The molecule has 2 N–H and O–H groups in total. The molecule has 1 heterocycles. The highest BCUT2D eigenvalue weighted by Gasteiger charge is 2.34. The number of hydrogen-bond donors (Lipinski definition) is 2. The SMILES string of the molecule is CCCCCNC(=NCC1(c2ccccc2)CCOCC1)NCC.I. The predicted molar refractivity (Wildman–Crippen MR) is 117 cm³/mol. The van der Waals surface area contributed by atoms with E-state index < -0.39 is 0 Å². The van der Waals surface area contributed by atoms with E-state index in [4.69, 9.17) is 9.73 Å². The van der Waals surface area contributed by atoms with Gasteiger partial charge in [0.25, 0.3) is 0 Å². The van der Waals surface area contributed by atoms with Crippen LogP contribution in [-0.2, 0) is 10.2 Å². The molecule has 0 atom stereocenters. The number of benzene rings is 1. The van der Waals surface area contributed by atoms with Crippen LogP contribution in [0.25, 0.3) is 0 Å². The largest absolute Gasteiger partial charge is 0.381 e. The molecule has 0 aliphatic carbocycles. The van der Waals surface area contributed by atoms with Gasteiger partial charge in [0.05, 0.1) is 6.54 Å². The second-order valence-corrected chi connectivity index (χ2v) is 6.59. The smallest absolute Gasteiger partial charge is 0.191 e. The molecule has 0 aromatic heterocycles. The van der Waals surface area contributed by atoms with Crippen molar-refractivity contribution in [2.45, 2.75) is 51.4 Å². The van der Waals surface area contributed by atoms with Crippen LogP contribution in [-0.4, -0.2) is 38.8 Å². The molecule has 0 saturated carbocycles. The summed E-state index contributed by atoms with van der Waals surface area (Å²) in [5, 5.41) is 6.85. The van der Waals surface area contributed by atoms with Crippen molar-refractivity contribution >= 4 is 29.9 Å². The van der Waals surface area contributed by atoms with Crippen LogP contribution in [0.1, 0.15) is 51.5 Å². The van der Waals surface area contributed by atoms with E-state index >= 15 is 0 Å². The lowest BCUT2D eigenvalue weighted by Gasteiger charge is -2.36. The van der Waals surface area contributed by atoms with Crippen molar-refractivity contribution in [2.24, 2.45) is 4.99 Å². The minimum absolute atomic E-state index is 0. The number of ether oxygens (including phenoxy) is 1. The Balaban J connectivity index is 0.00000312. The Kier molecular flexibility index (Phi) is 11.1. The van der Waals surface area contributed by atoms with E-state index in [2.05, 4.69) is 54.8 Å². The number of halogens is 1. The van der Waals surface area contributed by atoms with Gasteiger partial charge in [-0.05, 0) is 31.7 Å². The molecule has 25 heavy (non-hydrogen) atoms. The maximum absolute atomic E-state index is 5.61. The number of rotatable bonds is 8. The Morgan fingerprint density at radius 2 is 1.80 bits per heavy atom. The molecule has 1 aliphatic heterocycles. The zero-order valence-corrected chi connectivity index (χ0v) is 18.1. The summed E-state index contributed by atoms with van der Waals surface area (Å²) in [6.07, 6.45) is 5.77. The van der Waals surface area contributed by atoms with E-state index in [1.54, 1.807) is 0 Å². The first-order valence-electron chi connectivity index (χ1n) is 9.46. The fourth-order valence-corrected chi connectivity index (χ4v) is 3.25. The third-order valence-electron chi connectivity index (χ3n) is 4.79. The Morgan fingerprint density at radius 3 is 2.44 bits per heavy atom. The molecule has 1 saturated heterocycles. The Bertz CT molecular complexity index is 487. The van der Waals surface area contributed by atoms with Gasteiger partial charge in [0.2, 0.25) is 0 Å². The van der Waals surface area contributed by atoms with Crippen LogP contribution in [0.3, 0.4) is 0 Å². The van der Waals surface area contributed by atoms with Gasteiger partial charge in [-0.25, -0.2) is 0 Å². The first-order chi connectivity index (χ1) is 11.8. The van der Waals surface area contributed by atoms with E-state index in [9.17, 15) is 0 Å². The van der Waals surface area contributed by atoms with Gasteiger partial charge in [-0.1, -0.05) is 50.1 Å². The van der Waals surface area contributed by atoms with Gasteiger partial charge in [0, 0.05) is 31.7 Å². The predicted octanol–water partition coefficient (Wildman–Crippen LogP) is 4.10. The Hall–Kier alpha value is -0.820. The Labute approximate surface area is 170 Å². The molecule has 0 radical (unpaired) electrons. The average molecular weight is 459 g/mol. The molecule has 0 bridgehead atoms. The van der Waals surface area contributed by atoms with Crippen molar-refractivity contribution in [1.29, 1.82) is 0 Å². The van der Waals surface area contributed by atoms with Crippen molar-refractivity contribution in [1.82, 2.24) is 10.6 Å². The summed E-state index contributed by atoms with van der Waals surface area (Å²) in [5.74, 6) is 0.940. The fraction of sp³-hybridized carbons (Fsp3) is 0.650. The standard InChI is InChI=1S/C20H33N3O.HI/c1-3-5-9-14-22-19(21-4-2)23-17-20(12-15-24-16-13-20)18-10-7-6-8-11-18;/h6-8,10-11H,3-5,9,12-17H2,1-2H3,(H2,21,22,23);1H. The lowest BCUT2D eigenvalue weighted by atomic mass is 9.74. The monoisotopic (exact) mass is 459 g/mol. The average Bonchev–Trinajstić information content (AvgIpc) is 2.64. The van der Waals surface area contributed by atoms with Gasteiger partial charge >= 0.3 is 0 Å². The summed E-state index contributed by atoms with van der Waals surface area (Å²) in [5.41, 5.74) is 1.49. The van der Waals surface area contributed by atoms with Gasteiger partial charge in [-0.3, -0.25) is 4.99 Å². The van der Waals surface area contributed by atoms with Gasteiger partial charge in [0.15, 0.2) is 5.96 Å². The first-order valence-corrected chi connectivity index (χ1v) is 9.46. The van der Waals surface area contributed by atoms with E-state index in [0.29, 0.717) is 0 Å². The van der Waals surface area contributed by atoms with Crippen LogP contribution < -0.4 is 10.6 Å². The second kappa shape index (κ2) is 12.5. The van der Waals surface area contributed by atoms with Gasteiger partial charge in [-0.2, -0.15) is 0 Å². The van der Waals surface area contributed by atoms with Crippen molar-refractivity contribution in [3.8, 4) is 0 Å². The summed E-state index contributed by atoms with van der Waals surface area (Å²) in [6.45, 7) is 8.68. The van der Waals surface area contributed by atoms with E-state index in [1.807, 2.05) is 0 Å². The molecular weight excluding hydrogens is 425 g/mol. The molecule has 0 spiro atoms. The molecule has 0 amide bonds. The maximum atomic E-state index is 5.61. The first kappa shape index (κ1) is 22.2. The summed E-state index contributed by atoms with van der Waals surface area (Å²) in [4.78, 5) is 4.92. The number of aliphatic imine (C=N–C) groups is 1. The van der Waals surface area contributed by atoms with Crippen LogP contribution in [0, 0.1) is 0 Å². The molecule has 1 aromatic rings. The van der Waals surface area contributed by atoms with Crippen LogP contribution in [0.4, 0.5) is 0 Å². The lowest BCUT2D eigenvalue weighted by molar-refractivity contribution is 0.0531. The molecule has 4 nitrogen and oxygen atoms in total. The number of nitrogens with one attached hydrogen (secondary N) is 2. The quantitative estimate of drug-likeness (QED) is 0.266. The third kappa shape index (κ3) is 7.13. The molecule has 5 heteroatoms. The normalized spacial score (nSPS) is 16.8. The van der Waals surface area contributed by atoms with Crippen molar-refractivity contribution < 1.29 is 4.74 Å². The van der Waals surface area contributed by atoms with Gasteiger partial charge < -0.3 is 15.4 Å². The number of guanidine groups is 1. The molecule has 0 unspecified atom stereocenters. The van der Waals surface area contributed by atoms with Crippen LogP contribution in [0.15, 0.2) is 35.3 Å². The summed E-state index contributed by atoms with van der Waals surface area (Å²) in [7, 11) is 0. The molecule has 2 rings (SSSR count). The topological polar surface area (TPSA) is 45.7 Å². The molecular formula is C20H34IN3O. The number of hydrogen-bond acceptors (Lipinski definition) is 2. The number of nitrogens with zero attached hydrogens (tertiary/aromatic N) is 1. The second-order valence-electron chi connectivity index (χ2n) is 6.59. The molecule has 142 valence electrons. The fourth-order valence-electron chi connectivity index (χ4n) is 3.25. The minimum Gasteiger partial charge on any atom is -0.381 e. The summed E-state index contributed by atoms with van der Waals surface area (Å²) < 4.78 is 5.61. The van der Waals surface area contributed by atoms with Crippen molar-refractivity contribution in [3.05, 3.63) is 35.9 Å². The van der Waals surface area contributed by atoms with Gasteiger partial charge in [0.1, 0.15) is 0 Å². The molecule has 1 aliphatic rings. The number of unbranched alkanes of at least 4 members (excludes halogenated alkanes) is 2. The van der Waals surface area contributed by atoms with Crippen LogP contribution in [0.2, 0.25) is 0 Å². The highest BCUT2D eigenvalue weighted by Crippen LogP contribution is 2.35. The molecule has 1 fully saturated rings. The highest BCUT2D eigenvalue weighted by atomic mass is 127. The third-order valence-corrected chi connectivity index (χ3v) is 4.79. The molecule has 1 aromatic carbocycles. The van der Waals surface area contributed by atoms with Crippen LogP contribution >= 0.6 is 24.0 Å². The zero-order chi connectivity index (χ0) is 17.1. The zero-order valence-electron chi connectivity index (χ0n) is 15.7. The Morgan fingerprint density at radius 1 is 1.08 bits per heavy atom. The lowest BCUT2D eigenvalue weighted by Crippen LogP contribution is -2.41. The summed E-state index contributed by atoms with van der Waals surface area (Å²) >= 11 is 0. The maximum Gasteiger partial charge on any atom is 0.191 e. The van der Waals surface area contributed by atoms with E-state index in [0.717, 1.165) is 51.6 Å². The van der Waals surface area contributed by atoms with Gasteiger partial charge in [-0.15, -0.1) is 24.0 Å². The van der Waals surface area contributed by atoms with Crippen molar-refractivity contribution in [3.63, 3.8) is 0 Å². The van der Waals surface area contributed by atoms with E-state index in [1.165, 1.54) is 24.8 Å². The van der Waals surface area contributed by atoms with Crippen molar-refractivity contribution in [2.75, 3.05) is 32.8 Å². The minimum atomic E-state index is 0. The van der Waals surface area contributed by atoms with Crippen LogP contribution in [0.5, 0.6) is 0 Å². The highest BCUT2D eigenvalue weighted by molar-refractivity contribution is 14.0. The van der Waals surface area contributed by atoms with E-state index in [-0.39, 0.29) is 29.4 Å².